The fourth-order valence-corrected chi connectivity index (χ4v) is 7.80. The molecular weight excluding hydrogens is 637 g/mol. The minimum atomic E-state index is -4.19. The van der Waals surface area contributed by atoms with Gasteiger partial charge >= 0.3 is 6.18 Å². The van der Waals surface area contributed by atoms with Crippen molar-refractivity contribution in [3.05, 3.63) is 65.4 Å². The number of carboxylic acid groups (broad SMARTS) is 1. The van der Waals surface area contributed by atoms with Crippen LogP contribution in [0.5, 0.6) is 0 Å². The van der Waals surface area contributed by atoms with Crippen LogP contribution in [0.2, 0.25) is 0 Å². The van der Waals surface area contributed by atoms with Gasteiger partial charge in [0.2, 0.25) is 10.0 Å². The molecule has 1 fully saturated rings. The Balaban J connectivity index is 0.00000160. The number of nitrogens with zero attached hydrogens (tertiary/aromatic N) is 2. The summed E-state index contributed by atoms with van der Waals surface area (Å²) in [6.45, 7) is 2.83. The molecule has 1 aromatic heterocycles. The van der Waals surface area contributed by atoms with Crippen LogP contribution >= 0.6 is 0 Å². The number of hydrogen-bond acceptors (Lipinski definition) is 6. The van der Waals surface area contributed by atoms with Crippen LogP contribution in [0.4, 0.5) is 18.9 Å². The van der Waals surface area contributed by atoms with E-state index in [2.05, 4.69) is 10.6 Å². The first-order chi connectivity index (χ1) is 22.3. The van der Waals surface area contributed by atoms with Crippen LogP contribution in [0.25, 0.3) is 10.9 Å². The maximum atomic E-state index is 13.8. The second kappa shape index (κ2) is 15.5. The molecule has 1 saturated carbocycles. The molecule has 47 heavy (non-hydrogen) atoms. The van der Waals surface area contributed by atoms with Gasteiger partial charge in [-0.05, 0) is 74.8 Å². The molecule has 2 unspecified atom stereocenters. The third kappa shape index (κ3) is 8.85. The number of sulfonamides is 1. The maximum Gasteiger partial charge on any atom is 0.391 e. The number of amides is 1. The summed E-state index contributed by atoms with van der Waals surface area (Å²) in [6, 6.07) is 12.0. The lowest BCUT2D eigenvalue weighted by Gasteiger charge is -2.31. The Hall–Kier alpha value is -3.62. The first-order valence-electron chi connectivity index (χ1n) is 15.8. The second-order valence-corrected chi connectivity index (χ2v) is 14.4. The van der Waals surface area contributed by atoms with Gasteiger partial charge < -0.3 is 25.4 Å². The Morgan fingerprint density at radius 1 is 1.17 bits per heavy atom. The first kappa shape index (κ1) is 36.2. The molecule has 2 aliphatic rings. The van der Waals surface area contributed by atoms with Gasteiger partial charge in [0, 0.05) is 37.3 Å². The number of carbonyl (C=O) groups excluding carboxylic acids is 1. The predicted octanol–water partition coefficient (Wildman–Crippen LogP) is 4.34. The number of carbonyl (C=O) groups is 2. The van der Waals surface area contributed by atoms with Crippen molar-refractivity contribution in [1.29, 1.82) is 0 Å². The van der Waals surface area contributed by atoms with Crippen LogP contribution in [0.3, 0.4) is 0 Å². The lowest BCUT2D eigenvalue weighted by atomic mass is 9.81. The van der Waals surface area contributed by atoms with E-state index in [-0.39, 0.29) is 43.1 Å². The predicted molar refractivity (Wildman–Crippen MR) is 174 cm³/mol. The summed E-state index contributed by atoms with van der Waals surface area (Å²) in [5.41, 5.74) is 3.29. The van der Waals surface area contributed by atoms with Crippen LogP contribution in [-0.2, 0) is 34.2 Å². The minimum absolute atomic E-state index is 0.0292. The van der Waals surface area contributed by atoms with Crippen LogP contribution in [0, 0.1) is 11.8 Å². The lowest BCUT2D eigenvalue weighted by molar-refractivity contribution is -0.185. The average molecular weight is 681 g/mol. The van der Waals surface area contributed by atoms with E-state index in [0.29, 0.717) is 44.5 Å². The molecule has 1 aliphatic carbocycles. The van der Waals surface area contributed by atoms with Crippen molar-refractivity contribution in [1.82, 2.24) is 15.2 Å². The SMILES string of the molecule is CCn1cc2c3c(cc(C(=O)N[C@@H](Cc4ccccc4)[C@H](O)CNCC4CCCC(C(F)(F)F)C4)cc31)N(C)S(=O)(=O)CC2.O=CO. The Bertz CT molecular complexity index is 1630. The number of nitrogens with one attached hydrogen (secondary N) is 2. The topological polar surface area (TPSA) is 141 Å². The largest absolute Gasteiger partial charge is 0.483 e. The van der Waals surface area contributed by atoms with Crippen molar-refractivity contribution >= 4 is 39.0 Å². The number of aliphatic hydroxyl groups excluding tert-OH is 1. The number of aliphatic hydroxyl groups is 1. The molecule has 4 atom stereocenters. The molecule has 0 bridgehead atoms. The van der Waals surface area contributed by atoms with E-state index in [0.717, 1.165) is 22.0 Å². The van der Waals surface area contributed by atoms with Crippen LogP contribution in [-0.4, -0.2) is 79.8 Å². The Kier molecular flexibility index (Phi) is 12.0. The molecule has 0 spiro atoms. The molecule has 258 valence electrons. The summed E-state index contributed by atoms with van der Waals surface area (Å²) in [5, 5.41) is 25.1. The Morgan fingerprint density at radius 3 is 2.53 bits per heavy atom. The van der Waals surface area contributed by atoms with E-state index in [4.69, 9.17) is 9.90 Å². The van der Waals surface area contributed by atoms with Crippen LogP contribution < -0.4 is 14.9 Å². The molecular formula is C33H43F3N4O6S. The van der Waals surface area contributed by atoms with Gasteiger partial charge in [-0.25, -0.2) is 8.42 Å². The first-order valence-corrected chi connectivity index (χ1v) is 17.4. The number of aromatic nitrogens is 1. The van der Waals surface area contributed by atoms with E-state index in [1.54, 1.807) is 12.1 Å². The van der Waals surface area contributed by atoms with Gasteiger partial charge in [0.05, 0.1) is 35.0 Å². The van der Waals surface area contributed by atoms with Gasteiger partial charge in [-0.3, -0.25) is 13.9 Å². The number of hydrogen-bond donors (Lipinski definition) is 4. The molecule has 1 aliphatic heterocycles. The molecule has 0 saturated heterocycles. The quantitative estimate of drug-likeness (QED) is 0.234. The average Bonchev–Trinajstić information content (AvgIpc) is 3.37. The lowest BCUT2D eigenvalue weighted by Crippen LogP contribution is -2.49. The third-order valence-electron chi connectivity index (χ3n) is 9.14. The zero-order valence-electron chi connectivity index (χ0n) is 26.5. The zero-order valence-corrected chi connectivity index (χ0v) is 27.4. The highest BCUT2D eigenvalue weighted by molar-refractivity contribution is 7.92. The molecule has 5 rings (SSSR count). The third-order valence-corrected chi connectivity index (χ3v) is 10.9. The fraction of sp³-hybridized carbons (Fsp3) is 0.515. The smallest absolute Gasteiger partial charge is 0.391 e. The van der Waals surface area contributed by atoms with Crippen molar-refractivity contribution in [2.24, 2.45) is 11.8 Å². The van der Waals surface area contributed by atoms with Crippen molar-refractivity contribution < 1.29 is 41.4 Å². The summed E-state index contributed by atoms with van der Waals surface area (Å²) in [4.78, 5) is 22.1. The standard InChI is InChI=1S/C32H41F3N4O4S.CH2O2/c1-3-39-20-23-12-13-44(42,43)38(2)27-16-24(17-28(39)30(23)27)31(41)37-26(15-21-8-5-4-6-9-21)29(40)19-36-18-22-10-7-11-25(14-22)32(33,34)35;2-1-3/h4-6,8-9,16-17,20,22,25-26,29,36,40H,3,7,10-15,18-19H2,1-2H3,(H,37,41);1H,(H,2,3)/t22?,25?,26-,29+;/m0./s1. The van der Waals surface area contributed by atoms with E-state index < -0.39 is 40.2 Å². The van der Waals surface area contributed by atoms with Crippen molar-refractivity contribution in [2.75, 3.05) is 30.2 Å². The van der Waals surface area contributed by atoms with Crippen molar-refractivity contribution in [3.63, 3.8) is 0 Å². The zero-order chi connectivity index (χ0) is 34.4. The summed E-state index contributed by atoms with van der Waals surface area (Å²) in [5.74, 6) is -1.91. The molecule has 10 nitrogen and oxygen atoms in total. The van der Waals surface area contributed by atoms with Crippen LogP contribution in [0.15, 0.2) is 48.7 Å². The molecule has 2 heterocycles. The fourth-order valence-electron chi connectivity index (χ4n) is 6.60. The number of anilines is 1. The summed E-state index contributed by atoms with van der Waals surface area (Å²) >= 11 is 0. The minimum Gasteiger partial charge on any atom is -0.483 e. The second-order valence-electron chi connectivity index (χ2n) is 12.2. The molecule has 2 aromatic carbocycles. The van der Waals surface area contributed by atoms with Gasteiger partial charge in [-0.1, -0.05) is 36.8 Å². The normalized spacial score (nSPS) is 20.4. The van der Waals surface area contributed by atoms with Gasteiger partial charge in [0.25, 0.3) is 12.4 Å². The molecule has 0 radical (unpaired) electrons. The molecule has 3 aromatic rings. The van der Waals surface area contributed by atoms with Gasteiger partial charge in [-0.2, -0.15) is 13.2 Å². The van der Waals surface area contributed by atoms with Crippen molar-refractivity contribution in [2.45, 2.75) is 70.3 Å². The molecule has 14 heteroatoms. The number of rotatable bonds is 10. The highest BCUT2D eigenvalue weighted by atomic mass is 32.2. The van der Waals surface area contributed by atoms with Gasteiger partial charge in [0.1, 0.15) is 0 Å². The Morgan fingerprint density at radius 2 is 1.87 bits per heavy atom. The monoisotopic (exact) mass is 680 g/mol. The Labute approximate surface area is 273 Å². The van der Waals surface area contributed by atoms with E-state index in [1.165, 1.54) is 11.4 Å². The van der Waals surface area contributed by atoms with E-state index in [1.807, 2.05) is 48.0 Å². The number of benzene rings is 2. The van der Waals surface area contributed by atoms with Crippen molar-refractivity contribution in [3.8, 4) is 0 Å². The van der Waals surface area contributed by atoms with Gasteiger partial charge in [0.15, 0.2) is 0 Å². The number of halogens is 3. The van der Waals surface area contributed by atoms with E-state index >= 15 is 0 Å². The highest BCUT2D eigenvalue weighted by Gasteiger charge is 2.42. The molecule has 1 amide bonds. The highest BCUT2D eigenvalue weighted by Crippen LogP contribution is 2.40. The summed E-state index contributed by atoms with van der Waals surface area (Å²) in [6.07, 6.45) is -1.10. The summed E-state index contributed by atoms with van der Waals surface area (Å²) < 4.78 is 68.9. The summed E-state index contributed by atoms with van der Waals surface area (Å²) in [7, 11) is -2.07. The maximum absolute atomic E-state index is 13.8. The number of alkyl halides is 3. The van der Waals surface area contributed by atoms with Crippen LogP contribution in [0.1, 0.15) is 54.1 Å². The molecule has 4 N–H and O–H groups in total. The van der Waals surface area contributed by atoms with E-state index in [9.17, 15) is 31.5 Å². The number of aryl methyl sites for hydroxylation is 2. The van der Waals surface area contributed by atoms with Gasteiger partial charge in [-0.15, -0.1) is 0 Å².